The molecule has 0 aliphatic carbocycles. The summed E-state index contributed by atoms with van der Waals surface area (Å²) in [5.41, 5.74) is 2.26. The zero-order valence-corrected chi connectivity index (χ0v) is 24.8. The normalized spacial score (nSPS) is 9.17. The molecule has 0 aliphatic heterocycles. The summed E-state index contributed by atoms with van der Waals surface area (Å²) in [6, 6.07) is 50.7. The van der Waals surface area contributed by atoms with E-state index in [1.807, 2.05) is 97.1 Å². The molecule has 6 aromatic rings. The van der Waals surface area contributed by atoms with E-state index in [4.69, 9.17) is 0 Å². The molecule has 4 nitrogen and oxygen atoms in total. The molecule has 0 bridgehead atoms. The number of carbonyl (C=O) groups excluding carboxylic acids is 2. The minimum atomic E-state index is -0.0773. The average Bonchev–Trinajstić information content (AvgIpc) is 3.78. The van der Waals surface area contributed by atoms with E-state index in [1.54, 1.807) is 60.7 Å². The van der Waals surface area contributed by atoms with Crippen LogP contribution in [-0.2, 0) is 26.2 Å². The number of hydrogen-bond donors (Lipinski definition) is 2. The maximum atomic E-state index is 11.9. The largest absolute Gasteiger partial charge is 2.00 e. The van der Waals surface area contributed by atoms with Gasteiger partial charge in [0.25, 0.3) is 0 Å². The Hall–Kier alpha value is -4.60. The van der Waals surface area contributed by atoms with Crippen LogP contribution in [0.3, 0.4) is 0 Å². The Morgan fingerprint density at radius 2 is 0.732 bits per heavy atom. The van der Waals surface area contributed by atoms with Gasteiger partial charge in [0, 0.05) is 22.3 Å². The van der Waals surface area contributed by atoms with Crippen LogP contribution in [0.5, 0.6) is 11.5 Å². The van der Waals surface area contributed by atoms with Gasteiger partial charge in [-0.05, 0) is 24.3 Å². The second-order valence-corrected chi connectivity index (χ2v) is 8.42. The van der Waals surface area contributed by atoms with Crippen molar-refractivity contribution >= 4 is 11.6 Å². The third kappa shape index (κ3) is 12.0. The van der Waals surface area contributed by atoms with Gasteiger partial charge in [-0.15, -0.1) is 0 Å². The molecule has 202 valence electrons. The van der Waals surface area contributed by atoms with Gasteiger partial charge in [-0.3, -0.25) is 9.59 Å². The van der Waals surface area contributed by atoms with Gasteiger partial charge < -0.3 is 10.2 Å². The first kappa shape index (κ1) is 32.6. The van der Waals surface area contributed by atoms with Crippen LogP contribution in [0.15, 0.2) is 170 Å². The number of hydrogen-bond acceptors (Lipinski definition) is 4. The van der Waals surface area contributed by atoms with Gasteiger partial charge in [0.05, 0.1) is 0 Å². The Morgan fingerprint density at radius 1 is 0.415 bits per heavy atom. The quantitative estimate of drug-likeness (QED) is 0.155. The smallest absolute Gasteiger partial charge is 0.508 e. The fourth-order valence-electron chi connectivity index (χ4n) is 3.45. The van der Waals surface area contributed by atoms with Crippen LogP contribution < -0.4 is 0 Å². The summed E-state index contributed by atoms with van der Waals surface area (Å²) in [4.78, 5) is 23.8. The SMILES string of the molecule is O=C(c1ccccc1)c1cccc(O)c1.O=C(c1ccccc1)c1cccc(O)c1.[Zr+2].c1cc[cH-]c1.c1cc[cH-]c1. The second-order valence-electron chi connectivity index (χ2n) is 8.42. The standard InChI is InChI=1S/2C13H10O2.2C5H5.Zr/c2*14-12-8-4-7-11(9-12)13(15)10-5-2-1-3-6-10;2*1-2-4-5-3-1;/h2*1-9,14H;2*1-5H;/q;;2*-1;+2. The van der Waals surface area contributed by atoms with Crippen molar-refractivity contribution < 1.29 is 46.0 Å². The van der Waals surface area contributed by atoms with Crippen molar-refractivity contribution in [3.63, 3.8) is 0 Å². The Morgan fingerprint density at radius 3 is 1.00 bits per heavy atom. The number of carbonyl (C=O) groups is 2. The zero-order chi connectivity index (χ0) is 28.4. The van der Waals surface area contributed by atoms with Crippen molar-refractivity contribution in [2.75, 3.05) is 0 Å². The third-order valence-electron chi connectivity index (χ3n) is 5.40. The Balaban J connectivity index is 0.000000211. The van der Waals surface area contributed by atoms with E-state index in [0.29, 0.717) is 22.3 Å². The van der Waals surface area contributed by atoms with Crippen LogP contribution in [0.2, 0.25) is 0 Å². The molecule has 0 unspecified atom stereocenters. The zero-order valence-electron chi connectivity index (χ0n) is 22.4. The monoisotopic (exact) mass is 616 g/mol. The minimum absolute atomic E-state index is 0. The number of ketones is 2. The molecule has 0 saturated heterocycles. The van der Waals surface area contributed by atoms with Crippen LogP contribution in [0.1, 0.15) is 31.8 Å². The van der Waals surface area contributed by atoms with E-state index in [9.17, 15) is 19.8 Å². The van der Waals surface area contributed by atoms with Crippen molar-refractivity contribution in [3.8, 4) is 11.5 Å². The summed E-state index contributed by atoms with van der Waals surface area (Å²) < 4.78 is 0. The topological polar surface area (TPSA) is 74.6 Å². The van der Waals surface area contributed by atoms with Crippen LogP contribution in [0.25, 0.3) is 0 Å². The molecular formula is C36H30O4Zr. The van der Waals surface area contributed by atoms with Gasteiger partial charge in [-0.1, -0.05) is 84.9 Å². The molecule has 0 aliphatic rings. The van der Waals surface area contributed by atoms with Crippen molar-refractivity contribution in [1.82, 2.24) is 0 Å². The van der Waals surface area contributed by atoms with Gasteiger partial charge in [0.2, 0.25) is 0 Å². The molecule has 0 fully saturated rings. The molecule has 0 heterocycles. The molecule has 0 amide bonds. The van der Waals surface area contributed by atoms with Gasteiger partial charge in [-0.2, -0.15) is 36.4 Å². The molecule has 41 heavy (non-hydrogen) atoms. The van der Waals surface area contributed by atoms with Crippen molar-refractivity contribution in [3.05, 3.63) is 192 Å². The number of phenols is 2. The maximum Gasteiger partial charge on any atom is 2.00 e. The molecule has 0 radical (unpaired) electrons. The van der Waals surface area contributed by atoms with Crippen LogP contribution >= 0.6 is 0 Å². The second kappa shape index (κ2) is 18.6. The van der Waals surface area contributed by atoms with Crippen molar-refractivity contribution in [2.24, 2.45) is 0 Å². The number of aromatic hydroxyl groups is 2. The summed E-state index contributed by atoms with van der Waals surface area (Å²) in [7, 11) is 0. The van der Waals surface area contributed by atoms with E-state index >= 15 is 0 Å². The molecule has 0 aromatic heterocycles. The summed E-state index contributed by atoms with van der Waals surface area (Å²) >= 11 is 0. The van der Waals surface area contributed by atoms with Gasteiger partial charge >= 0.3 is 26.2 Å². The van der Waals surface area contributed by atoms with Crippen LogP contribution in [-0.4, -0.2) is 21.8 Å². The summed E-state index contributed by atoms with van der Waals surface area (Å²) in [6.07, 6.45) is 0. The first-order valence-electron chi connectivity index (χ1n) is 12.7. The molecule has 0 atom stereocenters. The first-order chi connectivity index (χ1) is 19.5. The van der Waals surface area contributed by atoms with Crippen molar-refractivity contribution in [1.29, 1.82) is 0 Å². The Kier molecular flexibility index (Phi) is 14.8. The molecule has 6 rings (SSSR count). The van der Waals surface area contributed by atoms with E-state index in [1.165, 1.54) is 12.1 Å². The number of benzene rings is 4. The molecule has 0 saturated carbocycles. The summed E-state index contributed by atoms with van der Waals surface area (Å²) in [6.45, 7) is 0. The van der Waals surface area contributed by atoms with Gasteiger partial charge in [0.1, 0.15) is 11.5 Å². The van der Waals surface area contributed by atoms with Crippen molar-refractivity contribution in [2.45, 2.75) is 0 Å². The molecule has 0 spiro atoms. The van der Waals surface area contributed by atoms with E-state index in [2.05, 4.69) is 0 Å². The first-order valence-corrected chi connectivity index (χ1v) is 12.7. The van der Waals surface area contributed by atoms with Crippen LogP contribution in [0, 0.1) is 0 Å². The van der Waals surface area contributed by atoms with Gasteiger partial charge in [-0.25, -0.2) is 24.3 Å². The van der Waals surface area contributed by atoms with E-state index in [-0.39, 0.29) is 49.3 Å². The Bertz CT molecular complexity index is 1370. The van der Waals surface area contributed by atoms with Crippen LogP contribution in [0.4, 0.5) is 0 Å². The molecular weight excluding hydrogens is 588 g/mol. The fraction of sp³-hybridized carbons (Fsp3) is 0. The van der Waals surface area contributed by atoms with Gasteiger partial charge in [0.15, 0.2) is 11.6 Å². The minimum Gasteiger partial charge on any atom is -0.508 e. The average molecular weight is 618 g/mol. The number of rotatable bonds is 4. The molecule has 6 aromatic carbocycles. The predicted octanol–water partition coefficient (Wildman–Crippen LogP) is 8.05. The summed E-state index contributed by atoms with van der Waals surface area (Å²) in [5, 5.41) is 18.5. The van der Waals surface area contributed by atoms with E-state index in [0.717, 1.165) is 0 Å². The maximum absolute atomic E-state index is 11.9. The number of phenolic OH excluding ortho intramolecular Hbond substituents is 2. The summed E-state index contributed by atoms with van der Waals surface area (Å²) in [5.74, 6) is 0.0616. The molecule has 5 heteroatoms. The molecule has 2 N–H and O–H groups in total. The third-order valence-corrected chi connectivity index (χ3v) is 5.40. The predicted molar refractivity (Wildman–Crippen MR) is 160 cm³/mol. The fourth-order valence-corrected chi connectivity index (χ4v) is 3.45. The Labute approximate surface area is 260 Å². The van der Waals surface area contributed by atoms with E-state index < -0.39 is 0 Å².